The van der Waals surface area contributed by atoms with Crippen LogP contribution in [0.5, 0.6) is 0 Å². The Morgan fingerprint density at radius 2 is 2.33 bits per heavy atom. The van der Waals surface area contributed by atoms with E-state index < -0.39 is 6.67 Å². The van der Waals surface area contributed by atoms with Gasteiger partial charge in [0.15, 0.2) is 0 Å². The summed E-state index contributed by atoms with van der Waals surface area (Å²) in [6, 6.07) is 5.38. The maximum absolute atomic E-state index is 12.2. The summed E-state index contributed by atoms with van der Waals surface area (Å²) in [5.41, 5.74) is 0.778. The molecule has 0 aliphatic heterocycles. The predicted octanol–water partition coefficient (Wildman–Crippen LogP) is 3.42. The molecule has 1 aromatic heterocycles. The van der Waals surface area contributed by atoms with Gasteiger partial charge in [0.1, 0.15) is 11.7 Å². The van der Waals surface area contributed by atoms with Crippen molar-refractivity contribution in [3.05, 3.63) is 28.2 Å². The van der Waals surface area contributed by atoms with Gasteiger partial charge in [-0.3, -0.25) is 0 Å². The highest BCUT2D eigenvalue weighted by Gasteiger charge is 2.02. The van der Waals surface area contributed by atoms with Crippen molar-refractivity contribution in [1.29, 1.82) is 0 Å². The lowest BCUT2D eigenvalue weighted by atomic mass is 10.3. The number of halogens is 2. The van der Waals surface area contributed by atoms with E-state index in [1.807, 2.05) is 6.07 Å². The van der Waals surface area contributed by atoms with Crippen LogP contribution in [-0.2, 0) is 6.67 Å². The molecule has 0 aliphatic rings. The van der Waals surface area contributed by atoms with Crippen molar-refractivity contribution in [1.82, 2.24) is 4.98 Å². The second-order valence-corrected chi connectivity index (χ2v) is 3.90. The summed E-state index contributed by atoms with van der Waals surface area (Å²) >= 11 is 7.10. The van der Waals surface area contributed by atoms with E-state index in [-0.39, 0.29) is 0 Å². The minimum absolute atomic E-state index is 0.503. The zero-order valence-electron chi connectivity index (χ0n) is 6.05. The number of alkyl halides is 1. The van der Waals surface area contributed by atoms with Crippen LogP contribution in [0, 0.1) is 0 Å². The average molecular weight is 202 g/mol. The van der Waals surface area contributed by atoms with Crippen LogP contribution in [0.25, 0.3) is 10.2 Å². The summed E-state index contributed by atoms with van der Waals surface area (Å²) in [7, 11) is 0. The fourth-order valence-corrected chi connectivity index (χ4v) is 1.97. The van der Waals surface area contributed by atoms with Crippen LogP contribution in [0.2, 0.25) is 5.02 Å². The Labute approximate surface area is 77.8 Å². The van der Waals surface area contributed by atoms with E-state index in [9.17, 15) is 4.39 Å². The zero-order valence-corrected chi connectivity index (χ0v) is 7.62. The summed E-state index contributed by atoms with van der Waals surface area (Å²) in [4.78, 5) is 4.05. The molecular formula is C8H5ClFNS. The topological polar surface area (TPSA) is 12.9 Å². The van der Waals surface area contributed by atoms with E-state index in [0.29, 0.717) is 10.0 Å². The molecule has 1 heterocycles. The third-order valence-electron chi connectivity index (χ3n) is 1.51. The van der Waals surface area contributed by atoms with Gasteiger partial charge in [0.2, 0.25) is 0 Å². The molecule has 62 valence electrons. The van der Waals surface area contributed by atoms with Crippen molar-refractivity contribution in [2.45, 2.75) is 6.67 Å². The second-order valence-electron chi connectivity index (χ2n) is 2.35. The number of nitrogens with zero attached hydrogens (tertiary/aromatic N) is 1. The number of benzene rings is 1. The SMILES string of the molecule is FCc1nc2cc(Cl)ccc2s1. The van der Waals surface area contributed by atoms with E-state index in [2.05, 4.69) is 4.98 Å². The highest BCUT2D eigenvalue weighted by Crippen LogP contribution is 2.25. The van der Waals surface area contributed by atoms with Gasteiger partial charge in [-0.15, -0.1) is 11.3 Å². The largest absolute Gasteiger partial charge is 0.243 e. The van der Waals surface area contributed by atoms with Crippen LogP contribution in [-0.4, -0.2) is 4.98 Å². The molecule has 0 unspecified atom stereocenters. The van der Waals surface area contributed by atoms with Crippen molar-refractivity contribution < 1.29 is 4.39 Å². The van der Waals surface area contributed by atoms with E-state index in [0.717, 1.165) is 10.2 Å². The minimum atomic E-state index is -0.503. The first-order valence-corrected chi connectivity index (χ1v) is 4.60. The monoisotopic (exact) mass is 201 g/mol. The van der Waals surface area contributed by atoms with Crippen molar-refractivity contribution in [2.75, 3.05) is 0 Å². The van der Waals surface area contributed by atoms with Gasteiger partial charge in [0, 0.05) is 5.02 Å². The van der Waals surface area contributed by atoms with E-state index >= 15 is 0 Å². The number of hydrogen-bond donors (Lipinski definition) is 0. The van der Waals surface area contributed by atoms with Crippen LogP contribution >= 0.6 is 22.9 Å². The molecule has 4 heteroatoms. The van der Waals surface area contributed by atoms with Gasteiger partial charge in [-0.1, -0.05) is 11.6 Å². The summed E-state index contributed by atoms with van der Waals surface area (Å²) in [6.07, 6.45) is 0. The maximum atomic E-state index is 12.2. The summed E-state index contributed by atoms with van der Waals surface area (Å²) in [5.74, 6) is 0. The molecule has 0 atom stereocenters. The third-order valence-corrected chi connectivity index (χ3v) is 2.74. The Kier molecular flexibility index (Phi) is 1.98. The molecule has 0 spiro atoms. The fourth-order valence-electron chi connectivity index (χ4n) is 1.01. The average Bonchev–Trinajstić information content (AvgIpc) is 2.46. The summed E-state index contributed by atoms with van der Waals surface area (Å²) < 4.78 is 13.2. The molecule has 1 aromatic carbocycles. The second kappa shape index (κ2) is 2.99. The van der Waals surface area contributed by atoms with E-state index in [1.165, 1.54) is 11.3 Å². The van der Waals surface area contributed by atoms with E-state index in [4.69, 9.17) is 11.6 Å². The first-order chi connectivity index (χ1) is 5.79. The Morgan fingerprint density at radius 1 is 1.50 bits per heavy atom. The van der Waals surface area contributed by atoms with Crippen molar-refractivity contribution in [3.8, 4) is 0 Å². The van der Waals surface area contributed by atoms with E-state index in [1.54, 1.807) is 12.1 Å². The third kappa shape index (κ3) is 1.30. The number of aromatic nitrogens is 1. The van der Waals surface area contributed by atoms with Crippen LogP contribution < -0.4 is 0 Å². The van der Waals surface area contributed by atoms with Gasteiger partial charge in [0.25, 0.3) is 0 Å². The quantitative estimate of drug-likeness (QED) is 0.689. The number of fused-ring (bicyclic) bond motifs is 1. The zero-order chi connectivity index (χ0) is 8.55. The summed E-state index contributed by atoms with van der Waals surface area (Å²) in [6.45, 7) is -0.503. The lowest BCUT2D eigenvalue weighted by Gasteiger charge is -1.86. The molecule has 0 radical (unpaired) electrons. The van der Waals surface area contributed by atoms with Gasteiger partial charge < -0.3 is 0 Å². The molecule has 0 bridgehead atoms. The van der Waals surface area contributed by atoms with Crippen LogP contribution in [0.15, 0.2) is 18.2 Å². The molecule has 0 amide bonds. The maximum Gasteiger partial charge on any atom is 0.141 e. The molecule has 0 N–H and O–H groups in total. The summed E-state index contributed by atoms with van der Waals surface area (Å²) in [5, 5.41) is 1.14. The molecule has 0 aliphatic carbocycles. The molecule has 1 nitrogen and oxygen atoms in total. The van der Waals surface area contributed by atoms with Crippen molar-refractivity contribution >= 4 is 33.2 Å². The van der Waals surface area contributed by atoms with Crippen LogP contribution in [0.1, 0.15) is 5.01 Å². The van der Waals surface area contributed by atoms with Gasteiger partial charge in [0.05, 0.1) is 10.2 Å². The minimum Gasteiger partial charge on any atom is -0.243 e. The number of hydrogen-bond acceptors (Lipinski definition) is 2. The molecule has 0 saturated heterocycles. The molecule has 2 rings (SSSR count). The highest BCUT2D eigenvalue weighted by atomic mass is 35.5. The van der Waals surface area contributed by atoms with Gasteiger partial charge >= 0.3 is 0 Å². The molecule has 0 saturated carbocycles. The van der Waals surface area contributed by atoms with Crippen molar-refractivity contribution in [3.63, 3.8) is 0 Å². The standard InChI is InChI=1S/C8H5ClFNS/c9-5-1-2-7-6(3-5)11-8(4-10)12-7/h1-3H,4H2. The highest BCUT2D eigenvalue weighted by molar-refractivity contribution is 7.18. The number of rotatable bonds is 1. The van der Waals surface area contributed by atoms with Crippen LogP contribution in [0.3, 0.4) is 0 Å². The Bertz CT molecular complexity index is 412. The van der Waals surface area contributed by atoms with Crippen LogP contribution in [0.4, 0.5) is 4.39 Å². The first-order valence-electron chi connectivity index (χ1n) is 3.40. The lowest BCUT2D eigenvalue weighted by Crippen LogP contribution is -1.72. The normalized spacial score (nSPS) is 10.8. The van der Waals surface area contributed by atoms with Gasteiger partial charge in [-0.25, -0.2) is 9.37 Å². The van der Waals surface area contributed by atoms with Gasteiger partial charge in [-0.2, -0.15) is 0 Å². The molecule has 2 aromatic rings. The lowest BCUT2D eigenvalue weighted by molar-refractivity contribution is 0.484. The molecular weight excluding hydrogens is 197 g/mol. The first kappa shape index (κ1) is 7.95. The smallest absolute Gasteiger partial charge is 0.141 e. The van der Waals surface area contributed by atoms with Gasteiger partial charge in [-0.05, 0) is 18.2 Å². The Morgan fingerprint density at radius 3 is 3.08 bits per heavy atom. The molecule has 12 heavy (non-hydrogen) atoms. The Hall–Kier alpha value is -0.670. The fraction of sp³-hybridized carbons (Fsp3) is 0.125. The predicted molar refractivity (Wildman–Crippen MR) is 49.4 cm³/mol. The Balaban J connectivity index is 2.67. The van der Waals surface area contributed by atoms with Crippen molar-refractivity contribution in [2.24, 2.45) is 0 Å². The molecule has 0 fully saturated rings. The number of thiazole rings is 1.